The molecular formula is C60H50O15. The van der Waals surface area contributed by atoms with Crippen LogP contribution >= 0.6 is 0 Å². The maximum atomic E-state index is 15.2. The van der Waals surface area contributed by atoms with E-state index < -0.39 is 83.1 Å². The lowest BCUT2D eigenvalue weighted by atomic mass is 9.66. The second-order valence-corrected chi connectivity index (χ2v) is 19.5. The highest BCUT2D eigenvalue weighted by atomic mass is 16.5. The lowest BCUT2D eigenvalue weighted by Crippen LogP contribution is -2.34. The Morgan fingerprint density at radius 3 is 1.51 bits per heavy atom. The summed E-state index contributed by atoms with van der Waals surface area (Å²) in [5, 5.41) is 121. The number of Topliss-reactive ketones (excluding diaryl/α,β-unsaturated/α-hetero) is 1. The summed E-state index contributed by atoms with van der Waals surface area (Å²) >= 11 is 0. The van der Waals surface area contributed by atoms with E-state index in [1.54, 1.807) is 60.7 Å². The topological polar surface area (TPSA) is 267 Å². The van der Waals surface area contributed by atoms with Gasteiger partial charge in [-0.3, -0.25) is 4.79 Å². The van der Waals surface area contributed by atoms with Crippen LogP contribution in [-0.4, -0.2) is 62.0 Å². The van der Waals surface area contributed by atoms with Crippen molar-refractivity contribution in [3.8, 4) is 69.0 Å². The fraction of sp³-hybridized carbons (Fsp3) is 0.183. The van der Waals surface area contributed by atoms with Gasteiger partial charge in [-0.25, -0.2) is 0 Å². The SMILES string of the molecule is O=C(c1ccc(O)cc1O)[C@H]1[C@H](Cc2ccc(O)cc2)[C@@H](c2cc([C@H](c3ccc(O)cc3O)[C@H]3[C@@H]4[C@@H](c5ccc(O)cc5)Oc5cc(O)ccc5[C@@H]4O[C@@H]3c3ccc(O)cc3)c(O)cc2O)O[C@@H]1c1ccc(O)cc1. The van der Waals surface area contributed by atoms with Gasteiger partial charge in [0.2, 0.25) is 0 Å². The standard InChI is InChI=1S/C60H50O15/c61-33-9-1-29(2-10-33)23-45-52(55(72)41-21-18-38(66)25-47(41)69)56(30-3-11-34(62)12-4-30)74-59(45)44-27-43(48(70)28-49(44)71)51(40-20-17-37(65)24-46(40)68)53-54-58(32-7-15-36(64)16-8-32)73-50-26-39(67)19-22-42(50)60(54)75-57(53)31-5-13-35(63)14-6-31/h1-22,24-28,45,51-54,56-71H,23H2/t45-,51-,52+,53-,54+,56+,57+,58+,59+,60-/m0/s1. The summed E-state index contributed by atoms with van der Waals surface area (Å²) in [7, 11) is 0. The lowest BCUT2D eigenvalue weighted by Gasteiger charge is -2.40. The number of hydrogen-bond donors (Lipinski definition) is 11. The van der Waals surface area contributed by atoms with E-state index in [2.05, 4.69) is 0 Å². The molecule has 10 atom stereocenters. The molecule has 0 radical (unpaired) electrons. The zero-order chi connectivity index (χ0) is 52.4. The van der Waals surface area contributed by atoms with E-state index in [4.69, 9.17) is 14.2 Å². The molecule has 11 N–H and O–H groups in total. The van der Waals surface area contributed by atoms with Crippen LogP contribution in [0.1, 0.15) is 91.3 Å². The third-order valence-electron chi connectivity index (χ3n) is 15.0. The first-order valence-corrected chi connectivity index (χ1v) is 24.2. The molecule has 2 saturated heterocycles. The third kappa shape index (κ3) is 8.91. The van der Waals surface area contributed by atoms with Crippen LogP contribution in [0.4, 0.5) is 0 Å². The first-order chi connectivity index (χ1) is 36.1. The number of rotatable bonds is 11. The number of aromatic hydroxyl groups is 11. The molecule has 0 aliphatic carbocycles. The van der Waals surface area contributed by atoms with E-state index in [9.17, 15) is 56.2 Å². The van der Waals surface area contributed by atoms with Gasteiger partial charge < -0.3 is 70.4 Å². The summed E-state index contributed by atoms with van der Waals surface area (Å²) in [6, 6.07) is 40.4. The van der Waals surface area contributed by atoms with Gasteiger partial charge in [0.15, 0.2) is 5.78 Å². The van der Waals surface area contributed by atoms with Crippen molar-refractivity contribution in [1.82, 2.24) is 0 Å². The number of carbonyl (C=O) groups excluding carboxylic acids is 1. The Morgan fingerprint density at radius 1 is 0.413 bits per heavy atom. The maximum absolute atomic E-state index is 15.2. The minimum Gasteiger partial charge on any atom is -0.508 e. The molecule has 3 aliphatic heterocycles. The lowest BCUT2D eigenvalue weighted by molar-refractivity contribution is -0.00737. The van der Waals surface area contributed by atoms with Crippen LogP contribution in [0.3, 0.4) is 0 Å². The third-order valence-corrected chi connectivity index (χ3v) is 15.0. The van der Waals surface area contributed by atoms with Gasteiger partial charge in [0, 0.05) is 70.2 Å². The number of phenols is 11. The smallest absolute Gasteiger partial charge is 0.173 e. The minimum atomic E-state index is -1.19. The van der Waals surface area contributed by atoms with Gasteiger partial charge in [-0.05, 0) is 114 Å². The van der Waals surface area contributed by atoms with Crippen molar-refractivity contribution >= 4 is 5.78 Å². The molecule has 15 heteroatoms. The van der Waals surface area contributed by atoms with Crippen molar-refractivity contribution in [2.24, 2.45) is 23.7 Å². The van der Waals surface area contributed by atoms with E-state index >= 15 is 4.79 Å². The summed E-state index contributed by atoms with van der Waals surface area (Å²) in [5.74, 6) is -7.39. The van der Waals surface area contributed by atoms with Crippen LogP contribution < -0.4 is 4.74 Å². The Morgan fingerprint density at radius 2 is 0.907 bits per heavy atom. The van der Waals surface area contributed by atoms with E-state index in [1.807, 2.05) is 0 Å². The number of phenolic OH excluding ortho intramolecular Hbond substituents is 11. The second kappa shape index (κ2) is 19.1. The van der Waals surface area contributed by atoms with Crippen molar-refractivity contribution in [3.05, 3.63) is 214 Å². The van der Waals surface area contributed by atoms with Crippen molar-refractivity contribution in [3.63, 3.8) is 0 Å². The van der Waals surface area contributed by atoms with E-state index in [0.717, 1.165) is 12.1 Å². The molecule has 15 nitrogen and oxygen atoms in total. The predicted octanol–water partition coefficient (Wildman–Crippen LogP) is 10.6. The average molecular weight is 1010 g/mol. The van der Waals surface area contributed by atoms with Crippen molar-refractivity contribution in [1.29, 1.82) is 0 Å². The molecule has 8 aromatic rings. The Kier molecular flexibility index (Phi) is 12.3. The van der Waals surface area contributed by atoms with E-state index in [1.165, 1.54) is 91.0 Å². The normalized spacial score (nSPS) is 23.2. The molecule has 0 spiro atoms. The summed E-state index contributed by atoms with van der Waals surface area (Å²) in [5.41, 5.74) is 3.23. The fourth-order valence-corrected chi connectivity index (χ4v) is 11.6. The highest BCUT2D eigenvalue weighted by Gasteiger charge is 2.58. The largest absolute Gasteiger partial charge is 0.508 e. The molecule has 0 amide bonds. The highest BCUT2D eigenvalue weighted by Crippen LogP contribution is 2.65. The Bertz CT molecular complexity index is 3430. The highest BCUT2D eigenvalue weighted by molar-refractivity contribution is 6.01. The van der Waals surface area contributed by atoms with Crippen LogP contribution in [0.25, 0.3) is 0 Å². The van der Waals surface area contributed by atoms with Crippen LogP contribution in [0.5, 0.6) is 69.0 Å². The van der Waals surface area contributed by atoms with Gasteiger partial charge in [0.05, 0.1) is 35.9 Å². The molecule has 2 fully saturated rings. The van der Waals surface area contributed by atoms with Crippen LogP contribution in [0.2, 0.25) is 0 Å². The van der Waals surface area contributed by atoms with Crippen molar-refractivity contribution < 1.29 is 75.2 Å². The number of hydrogen-bond acceptors (Lipinski definition) is 15. The Labute approximate surface area is 428 Å². The summed E-state index contributed by atoms with van der Waals surface area (Å²) in [6.07, 6.45) is -4.82. The van der Waals surface area contributed by atoms with Gasteiger partial charge in [-0.2, -0.15) is 0 Å². The fourth-order valence-electron chi connectivity index (χ4n) is 11.6. The zero-order valence-corrected chi connectivity index (χ0v) is 39.6. The van der Waals surface area contributed by atoms with Gasteiger partial charge in [-0.15, -0.1) is 0 Å². The molecule has 0 aromatic heterocycles. The molecule has 0 saturated carbocycles. The predicted molar refractivity (Wildman–Crippen MR) is 270 cm³/mol. The number of fused-ring (bicyclic) bond motifs is 3. The molecular weight excluding hydrogens is 961 g/mol. The van der Waals surface area contributed by atoms with Crippen LogP contribution in [0.15, 0.2) is 164 Å². The zero-order valence-electron chi connectivity index (χ0n) is 39.6. The van der Waals surface area contributed by atoms with Crippen molar-refractivity contribution in [2.45, 2.75) is 42.9 Å². The van der Waals surface area contributed by atoms with Crippen LogP contribution in [0, 0.1) is 23.7 Å². The summed E-state index contributed by atoms with van der Waals surface area (Å²) in [6.45, 7) is 0. The van der Waals surface area contributed by atoms with Gasteiger partial charge in [0.25, 0.3) is 0 Å². The number of benzene rings is 8. The first-order valence-electron chi connectivity index (χ1n) is 24.2. The van der Waals surface area contributed by atoms with Gasteiger partial charge in [-0.1, -0.05) is 54.6 Å². The summed E-state index contributed by atoms with van der Waals surface area (Å²) in [4.78, 5) is 15.2. The number of ether oxygens (including phenoxy) is 3. The molecule has 75 heavy (non-hydrogen) atoms. The molecule has 11 rings (SSSR count). The minimum absolute atomic E-state index is 0.00640. The van der Waals surface area contributed by atoms with Gasteiger partial charge >= 0.3 is 0 Å². The first kappa shape index (κ1) is 48.2. The van der Waals surface area contributed by atoms with Gasteiger partial charge in [0.1, 0.15) is 75.1 Å². The molecule has 0 bridgehead atoms. The monoisotopic (exact) mass is 1010 g/mol. The number of ketones is 1. The second-order valence-electron chi connectivity index (χ2n) is 19.5. The molecule has 8 aromatic carbocycles. The van der Waals surface area contributed by atoms with Crippen molar-refractivity contribution in [2.75, 3.05) is 0 Å². The molecule has 3 heterocycles. The van der Waals surface area contributed by atoms with E-state index in [-0.39, 0.29) is 74.7 Å². The molecule has 3 aliphatic rings. The quantitative estimate of drug-likeness (QED) is 0.0538. The number of carbonyl (C=O) groups is 1. The van der Waals surface area contributed by atoms with Crippen LogP contribution in [-0.2, 0) is 15.9 Å². The molecule has 0 unspecified atom stereocenters. The Balaban J connectivity index is 1.14. The summed E-state index contributed by atoms with van der Waals surface area (Å²) < 4.78 is 21.1. The molecule has 380 valence electrons. The van der Waals surface area contributed by atoms with E-state index in [0.29, 0.717) is 33.6 Å². The Hall–Kier alpha value is -9.05. The average Bonchev–Trinajstić information content (AvgIpc) is 3.98. The maximum Gasteiger partial charge on any atom is 0.173 e.